The van der Waals surface area contributed by atoms with Crippen LogP contribution in [0.25, 0.3) is 0 Å². The van der Waals surface area contributed by atoms with Crippen molar-refractivity contribution >= 4 is 27.3 Å². The lowest BCUT2D eigenvalue weighted by Crippen LogP contribution is -2.24. The van der Waals surface area contributed by atoms with E-state index in [0.717, 1.165) is 0 Å². The number of aromatic nitrogens is 2. The molecule has 18 heavy (non-hydrogen) atoms. The predicted octanol–water partition coefficient (Wildman–Crippen LogP) is 1.12. The minimum Gasteiger partial charge on any atom is -0.398 e. The zero-order valence-corrected chi connectivity index (χ0v) is 10.8. The SMILES string of the molecule is Nc1cc(Cl)ccc1S(=O)(=O)NCc1cnc[nH]1. The lowest BCUT2D eigenvalue weighted by Gasteiger charge is -2.08. The molecule has 96 valence electrons. The molecule has 2 aromatic rings. The highest BCUT2D eigenvalue weighted by molar-refractivity contribution is 7.89. The molecule has 0 unspecified atom stereocenters. The lowest BCUT2D eigenvalue weighted by atomic mass is 10.3. The van der Waals surface area contributed by atoms with Gasteiger partial charge in [0.15, 0.2) is 0 Å². The molecule has 4 N–H and O–H groups in total. The van der Waals surface area contributed by atoms with Crippen LogP contribution in [-0.2, 0) is 16.6 Å². The van der Waals surface area contributed by atoms with Gasteiger partial charge in [-0.05, 0) is 18.2 Å². The smallest absolute Gasteiger partial charge is 0.242 e. The van der Waals surface area contributed by atoms with Gasteiger partial charge in [0.25, 0.3) is 0 Å². The van der Waals surface area contributed by atoms with Crippen LogP contribution in [0.15, 0.2) is 35.6 Å². The highest BCUT2D eigenvalue weighted by Crippen LogP contribution is 2.22. The zero-order valence-electron chi connectivity index (χ0n) is 9.22. The number of anilines is 1. The monoisotopic (exact) mass is 286 g/mol. The van der Waals surface area contributed by atoms with E-state index in [-0.39, 0.29) is 17.1 Å². The van der Waals surface area contributed by atoms with E-state index in [0.29, 0.717) is 10.7 Å². The number of nitrogens with two attached hydrogens (primary N) is 1. The molecule has 6 nitrogen and oxygen atoms in total. The van der Waals surface area contributed by atoms with E-state index in [1.807, 2.05) is 0 Å². The summed E-state index contributed by atoms with van der Waals surface area (Å²) in [5.41, 5.74) is 6.40. The van der Waals surface area contributed by atoms with Crippen LogP contribution in [-0.4, -0.2) is 18.4 Å². The highest BCUT2D eigenvalue weighted by atomic mass is 35.5. The van der Waals surface area contributed by atoms with Gasteiger partial charge in [0, 0.05) is 16.9 Å². The molecule has 0 saturated carbocycles. The largest absolute Gasteiger partial charge is 0.398 e. The molecule has 0 amide bonds. The van der Waals surface area contributed by atoms with Crippen molar-refractivity contribution in [3.63, 3.8) is 0 Å². The molecular formula is C10H11ClN4O2S. The normalized spacial score (nSPS) is 11.6. The zero-order chi connectivity index (χ0) is 13.2. The van der Waals surface area contributed by atoms with Gasteiger partial charge in [0.1, 0.15) is 4.90 Å². The van der Waals surface area contributed by atoms with Gasteiger partial charge >= 0.3 is 0 Å². The summed E-state index contributed by atoms with van der Waals surface area (Å²) < 4.78 is 26.4. The third kappa shape index (κ3) is 2.81. The number of hydrogen-bond acceptors (Lipinski definition) is 4. The first kappa shape index (κ1) is 12.9. The maximum atomic E-state index is 12.0. The Bertz CT molecular complexity index is 640. The molecular weight excluding hydrogens is 276 g/mol. The van der Waals surface area contributed by atoms with Crippen LogP contribution in [0.4, 0.5) is 5.69 Å². The Balaban J connectivity index is 2.20. The molecule has 8 heteroatoms. The molecule has 0 radical (unpaired) electrons. The molecule has 0 saturated heterocycles. The molecule has 0 bridgehead atoms. The van der Waals surface area contributed by atoms with Crippen molar-refractivity contribution in [1.29, 1.82) is 0 Å². The van der Waals surface area contributed by atoms with Crippen molar-refractivity contribution in [2.75, 3.05) is 5.73 Å². The van der Waals surface area contributed by atoms with Gasteiger partial charge < -0.3 is 10.7 Å². The van der Waals surface area contributed by atoms with Crippen LogP contribution in [0.1, 0.15) is 5.69 Å². The molecule has 0 aliphatic heterocycles. The fourth-order valence-corrected chi connectivity index (χ4v) is 2.69. The van der Waals surface area contributed by atoms with E-state index >= 15 is 0 Å². The van der Waals surface area contributed by atoms with Crippen molar-refractivity contribution in [3.05, 3.63) is 41.4 Å². The molecule has 0 spiro atoms. The summed E-state index contributed by atoms with van der Waals surface area (Å²) in [5.74, 6) is 0. The van der Waals surface area contributed by atoms with Crippen molar-refractivity contribution in [1.82, 2.24) is 14.7 Å². The number of nitrogens with one attached hydrogen (secondary N) is 2. The first-order valence-electron chi connectivity index (χ1n) is 5.01. The number of hydrogen-bond donors (Lipinski definition) is 3. The Kier molecular flexibility index (Phi) is 3.55. The fourth-order valence-electron chi connectivity index (χ4n) is 1.40. The van der Waals surface area contributed by atoms with Crippen LogP contribution in [0.2, 0.25) is 5.02 Å². The van der Waals surface area contributed by atoms with Crippen molar-refractivity contribution in [2.24, 2.45) is 0 Å². The third-order valence-corrected chi connectivity index (χ3v) is 3.98. The molecule has 1 aromatic heterocycles. The molecule has 0 aliphatic carbocycles. The van der Waals surface area contributed by atoms with E-state index in [4.69, 9.17) is 17.3 Å². The Labute approximate surface area is 109 Å². The standard InChI is InChI=1S/C10H11ClN4O2S/c11-7-1-2-10(9(12)3-7)18(16,17)15-5-8-4-13-6-14-8/h1-4,6,15H,5,12H2,(H,13,14). The Morgan fingerprint density at radius 2 is 2.22 bits per heavy atom. The van der Waals surface area contributed by atoms with Crippen LogP contribution in [0.3, 0.4) is 0 Å². The number of sulfonamides is 1. The van der Waals surface area contributed by atoms with Gasteiger partial charge in [-0.2, -0.15) is 0 Å². The van der Waals surface area contributed by atoms with Gasteiger partial charge in [0.05, 0.1) is 18.6 Å². The Morgan fingerprint density at radius 3 is 2.83 bits per heavy atom. The molecule has 0 atom stereocenters. The minimum atomic E-state index is -3.67. The van der Waals surface area contributed by atoms with Gasteiger partial charge in [-0.15, -0.1) is 0 Å². The summed E-state index contributed by atoms with van der Waals surface area (Å²) in [6.45, 7) is 0.115. The lowest BCUT2D eigenvalue weighted by molar-refractivity contribution is 0.581. The molecule has 1 aromatic carbocycles. The second-order valence-corrected chi connectivity index (χ2v) is 5.76. The Hall–Kier alpha value is -1.57. The number of H-pyrrole nitrogens is 1. The first-order valence-corrected chi connectivity index (χ1v) is 6.87. The molecule has 1 heterocycles. The number of imidazole rings is 1. The average molecular weight is 287 g/mol. The maximum Gasteiger partial charge on any atom is 0.242 e. The van der Waals surface area contributed by atoms with E-state index in [1.54, 1.807) is 0 Å². The number of benzene rings is 1. The summed E-state index contributed by atoms with van der Waals surface area (Å²) >= 11 is 5.72. The Morgan fingerprint density at radius 1 is 1.44 bits per heavy atom. The number of nitrogen functional groups attached to an aromatic ring is 1. The van der Waals surface area contributed by atoms with Gasteiger partial charge in [0.2, 0.25) is 10.0 Å². The summed E-state index contributed by atoms with van der Waals surface area (Å²) in [6, 6.07) is 4.24. The summed E-state index contributed by atoms with van der Waals surface area (Å²) in [6.07, 6.45) is 3.01. The van der Waals surface area contributed by atoms with Gasteiger partial charge in [-0.1, -0.05) is 11.6 Å². The van der Waals surface area contributed by atoms with Crippen molar-refractivity contribution in [2.45, 2.75) is 11.4 Å². The van der Waals surface area contributed by atoms with Crippen LogP contribution in [0.5, 0.6) is 0 Å². The number of nitrogens with zero attached hydrogens (tertiary/aromatic N) is 1. The average Bonchev–Trinajstić information content (AvgIpc) is 2.78. The van der Waals surface area contributed by atoms with Gasteiger partial charge in [-0.3, -0.25) is 0 Å². The van der Waals surface area contributed by atoms with E-state index in [1.165, 1.54) is 30.7 Å². The molecule has 0 fully saturated rings. The van der Waals surface area contributed by atoms with E-state index in [9.17, 15) is 8.42 Å². The van der Waals surface area contributed by atoms with Crippen LogP contribution < -0.4 is 10.5 Å². The van der Waals surface area contributed by atoms with Crippen molar-refractivity contribution in [3.8, 4) is 0 Å². The predicted molar refractivity (Wildman–Crippen MR) is 68.5 cm³/mol. The summed E-state index contributed by atoms with van der Waals surface area (Å²) in [5, 5.41) is 0.389. The third-order valence-electron chi connectivity index (χ3n) is 2.27. The van der Waals surface area contributed by atoms with Gasteiger partial charge in [-0.25, -0.2) is 18.1 Å². The molecule has 2 rings (SSSR count). The second kappa shape index (κ2) is 4.97. The number of aromatic amines is 1. The summed E-state index contributed by atoms with van der Waals surface area (Å²) in [4.78, 5) is 6.59. The second-order valence-electron chi connectivity index (χ2n) is 3.58. The maximum absolute atomic E-state index is 12.0. The number of rotatable bonds is 4. The van der Waals surface area contributed by atoms with E-state index in [2.05, 4.69) is 14.7 Å². The van der Waals surface area contributed by atoms with E-state index < -0.39 is 10.0 Å². The fraction of sp³-hybridized carbons (Fsp3) is 0.100. The van der Waals surface area contributed by atoms with Crippen LogP contribution >= 0.6 is 11.6 Å². The topological polar surface area (TPSA) is 101 Å². The minimum absolute atomic E-state index is 0.00594. The van der Waals surface area contributed by atoms with Crippen molar-refractivity contribution < 1.29 is 8.42 Å². The number of halogens is 1. The summed E-state index contributed by atoms with van der Waals surface area (Å²) in [7, 11) is -3.67. The quantitative estimate of drug-likeness (QED) is 0.733. The highest BCUT2D eigenvalue weighted by Gasteiger charge is 2.17. The molecule has 0 aliphatic rings. The first-order chi connectivity index (χ1) is 8.49. The van der Waals surface area contributed by atoms with Crippen LogP contribution in [0, 0.1) is 0 Å².